The third kappa shape index (κ3) is 11.5. The van der Waals surface area contributed by atoms with Crippen molar-refractivity contribution in [3.8, 4) is 0 Å². The van der Waals surface area contributed by atoms with Crippen molar-refractivity contribution in [1.82, 2.24) is 15.0 Å². The molecule has 2 unspecified atom stereocenters. The summed E-state index contributed by atoms with van der Waals surface area (Å²) < 4.78 is 7.75. The topological polar surface area (TPSA) is 57.0 Å². The minimum absolute atomic E-state index is 0.0724. The molecule has 1 heterocycles. The number of aromatic nitrogens is 3. The highest BCUT2D eigenvalue weighted by Gasteiger charge is 2.35. The lowest BCUT2D eigenvalue weighted by atomic mass is 9.72. The first kappa shape index (κ1) is 28.6. The summed E-state index contributed by atoms with van der Waals surface area (Å²) in [7, 11) is 0. The second kappa shape index (κ2) is 14.0. The number of hydrogen-bond acceptors (Lipinski definition) is 4. The van der Waals surface area contributed by atoms with Gasteiger partial charge < -0.3 is 4.74 Å². The molecule has 0 bridgehead atoms. The highest BCUT2D eigenvalue weighted by Crippen LogP contribution is 2.37. The minimum atomic E-state index is -0.137. The standard InChI is InChI=1S/C27H51N3O2/c1-9-11-13-14-16-18-23(17-15-12-10-2)30-20-22(28-29-30)21-32-25(31)24(27(6,7)8)19-26(3,4)5/h20,23-24H,9-19,21H2,1-8H3. The lowest BCUT2D eigenvalue weighted by Gasteiger charge is -2.33. The van der Waals surface area contributed by atoms with Crippen LogP contribution in [0.3, 0.4) is 0 Å². The van der Waals surface area contributed by atoms with E-state index in [4.69, 9.17) is 4.74 Å². The molecule has 1 aromatic rings. The average molecular weight is 450 g/mol. The summed E-state index contributed by atoms with van der Waals surface area (Å²) in [4.78, 5) is 12.9. The summed E-state index contributed by atoms with van der Waals surface area (Å²) in [5.74, 6) is -0.264. The van der Waals surface area contributed by atoms with Crippen LogP contribution in [0.5, 0.6) is 0 Å². The average Bonchev–Trinajstić information content (AvgIpc) is 3.16. The largest absolute Gasteiger partial charge is 0.459 e. The third-order valence-electron chi connectivity index (χ3n) is 6.22. The van der Waals surface area contributed by atoms with Crippen LogP contribution >= 0.6 is 0 Å². The molecule has 1 aromatic heterocycles. The van der Waals surface area contributed by atoms with E-state index >= 15 is 0 Å². The van der Waals surface area contributed by atoms with Crippen molar-refractivity contribution in [3.63, 3.8) is 0 Å². The predicted octanol–water partition coefficient (Wildman–Crippen LogP) is 7.90. The molecule has 0 aliphatic heterocycles. The molecule has 0 spiro atoms. The van der Waals surface area contributed by atoms with Gasteiger partial charge in [0.1, 0.15) is 12.3 Å². The minimum Gasteiger partial charge on any atom is -0.459 e. The molecule has 0 aliphatic carbocycles. The summed E-state index contributed by atoms with van der Waals surface area (Å²) in [5.41, 5.74) is 0.681. The Morgan fingerprint density at radius 3 is 2.06 bits per heavy atom. The van der Waals surface area contributed by atoms with Gasteiger partial charge in [-0.3, -0.25) is 4.79 Å². The molecule has 0 amide bonds. The zero-order chi connectivity index (χ0) is 24.2. The van der Waals surface area contributed by atoms with Gasteiger partial charge >= 0.3 is 5.97 Å². The summed E-state index contributed by atoms with van der Waals surface area (Å²) >= 11 is 0. The molecule has 0 aliphatic rings. The number of esters is 1. The summed E-state index contributed by atoms with van der Waals surface area (Å²) in [5, 5.41) is 8.74. The van der Waals surface area contributed by atoms with Gasteiger partial charge in [0.05, 0.1) is 18.2 Å². The van der Waals surface area contributed by atoms with E-state index in [1.807, 2.05) is 10.9 Å². The van der Waals surface area contributed by atoms with Crippen molar-refractivity contribution in [2.75, 3.05) is 0 Å². The number of rotatable bonds is 15. The molecular weight excluding hydrogens is 398 g/mol. The first-order valence-corrected chi connectivity index (χ1v) is 13.0. The fraction of sp³-hybridized carbons (Fsp3) is 0.889. The smallest absolute Gasteiger partial charge is 0.309 e. The first-order valence-electron chi connectivity index (χ1n) is 13.0. The fourth-order valence-corrected chi connectivity index (χ4v) is 4.18. The van der Waals surface area contributed by atoms with Gasteiger partial charge in [-0.15, -0.1) is 5.10 Å². The van der Waals surface area contributed by atoms with Crippen LogP contribution < -0.4 is 0 Å². The Balaban J connectivity index is 2.71. The molecule has 186 valence electrons. The molecule has 0 saturated carbocycles. The summed E-state index contributed by atoms with van der Waals surface area (Å²) in [6.45, 7) is 17.6. The van der Waals surface area contributed by atoms with E-state index in [2.05, 4.69) is 65.7 Å². The van der Waals surface area contributed by atoms with Crippen molar-refractivity contribution < 1.29 is 9.53 Å². The van der Waals surface area contributed by atoms with E-state index in [0.717, 1.165) is 25.0 Å². The van der Waals surface area contributed by atoms with Crippen molar-refractivity contribution in [3.05, 3.63) is 11.9 Å². The van der Waals surface area contributed by atoms with Gasteiger partial charge in [-0.1, -0.05) is 112 Å². The zero-order valence-corrected chi connectivity index (χ0v) is 22.4. The van der Waals surface area contributed by atoms with Crippen LogP contribution in [-0.2, 0) is 16.1 Å². The van der Waals surface area contributed by atoms with Gasteiger partial charge in [-0.2, -0.15) is 0 Å². The third-order valence-corrected chi connectivity index (χ3v) is 6.22. The highest BCUT2D eigenvalue weighted by atomic mass is 16.5. The lowest BCUT2D eigenvalue weighted by Crippen LogP contribution is -2.33. The Morgan fingerprint density at radius 2 is 1.50 bits per heavy atom. The molecule has 32 heavy (non-hydrogen) atoms. The van der Waals surface area contributed by atoms with Gasteiger partial charge in [-0.05, 0) is 30.1 Å². The zero-order valence-electron chi connectivity index (χ0n) is 22.4. The van der Waals surface area contributed by atoms with Gasteiger partial charge in [0.2, 0.25) is 0 Å². The number of unbranched alkanes of at least 4 members (excludes halogenated alkanes) is 6. The summed E-state index contributed by atoms with van der Waals surface area (Å²) in [6.07, 6.45) is 15.2. The first-order chi connectivity index (χ1) is 15.0. The second-order valence-electron chi connectivity index (χ2n) is 11.8. The van der Waals surface area contributed by atoms with Crippen LogP contribution in [0.1, 0.15) is 138 Å². The molecule has 1 rings (SSSR count). The quantitative estimate of drug-likeness (QED) is 0.202. The molecule has 0 fully saturated rings. The molecule has 5 nitrogen and oxygen atoms in total. The van der Waals surface area contributed by atoms with Crippen LogP contribution in [0.4, 0.5) is 0 Å². The van der Waals surface area contributed by atoms with Crippen molar-refractivity contribution in [2.24, 2.45) is 16.7 Å². The van der Waals surface area contributed by atoms with E-state index in [9.17, 15) is 4.79 Å². The molecule has 0 saturated heterocycles. The maximum Gasteiger partial charge on any atom is 0.309 e. The van der Waals surface area contributed by atoms with Crippen LogP contribution in [0, 0.1) is 16.7 Å². The van der Waals surface area contributed by atoms with E-state index in [1.165, 1.54) is 51.4 Å². The van der Waals surface area contributed by atoms with Crippen LogP contribution in [-0.4, -0.2) is 21.0 Å². The van der Waals surface area contributed by atoms with E-state index in [-0.39, 0.29) is 29.3 Å². The van der Waals surface area contributed by atoms with Crippen molar-refractivity contribution in [2.45, 2.75) is 139 Å². The Hall–Kier alpha value is -1.39. The molecule has 0 N–H and O–H groups in total. The number of carbonyl (C=O) groups is 1. The van der Waals surface area contributed by atoms with Gasteiger partial charge in [-0.25, -0.2) is 4.68 Å². The van der Waals surface area contributed by atoms with E-state index < -0.39 is 0 Å². The Kier molecular flexibility index (Phi) is 12.5. The van der Waals surface area contributed by atoms with Gasteiger partial charge in [0, 0.05) is 0 Å². The predicted molar refractivity (Wildman–Crippen MR) is 133 cm³/mol. The Bertz CT molecular complexity index is 640. The van der Waals surface area contributed by atoms with Crippen LogP contribution in [0.15, 0.2) is 6.20 Å². The monoisotopic (exact) mass is 449 g/mol. The molecule has 5 heteroatoms. The van der Waals surface area contributed by atoms with Crippen LogP contribution in [0.2, 0.25) is 0 Å². The normalized spacial score (nSPS) is 14.4. The van der Waals surface area contributed by atoms with Crippen LogP contribution in [0.25, 0.3) is 0 Å². The number of carbonyl (C=O) groups excluding carboxylic acids is 1. The van der Waals surface area contributed by atoms with Crippen molar-refractivity contribution in [1.29, 1.82) is 0 Å². The number of ether oxygens (including phenoxy) is 1. The lowest BCUT2D eigenvalue weighted by molar-refractivity contribution is -0.155. The second-order valence-corrected chi connectivity index (χ2v) is 11.8. The van der Waals surface area contributed by atoms with Gasteiger partial charge in [0.25, 0.3) is 0 Å². The fourth-order valence-electron chi connectivity index (χ4n) is 4.18. The van der Waals surface area contributed by atoms with Crippen molar-refractivity contribution >= 4 is 5.97 Å². The Morgan fingerprint density at radius 1 is 0.938 bits per heavy atom. The maximum absolute atomic E-state index is 12.9. The molecular formula is C27H51N3O2. The van der Waals surface area contributed by atoms with E-state index in [0.29, 0.717) is 6.04 Å². The maximum atomic E-state index is 12.9. The molecule has 0 radical (unpaired) electrons. The summed E-state index contributed by atoms with van der Waals surface area (Å²) in [6, 6.07) is 0.392. The number of hydrogen-bond donors (Lipinski definition) is 0. The molecule has 2 atom stereocenters. The molecule has 0 aromatic carbocycles. The number of nitrogens with zero attached hydrogens (tertiary/aromatic N) is 3. The highest BCUT2D eigenvalue weighted by molar-refractivity contribution is 5.73. The van der Waals surface area contributed by atoms with E-state index in [1.54, 1.807) is 0 Å². The SMILES string of the molecule is CCCCCCCC(CCCCC)n1cc(COC(=O)C(CC(C)(C)C)C(C)(C)C)nn1. The van der Waals surface area contributed by atoms with Gasteiger partial charge in [0.15, 0.2) is 0 Å². The Labute approximate surface area is 198 Å².